The summed E-state index contributed by atoms with van der Waals surface area (Å²) in [5.74, 6) is 2.54. The van der Waals surface area contributed by atoms with Gasteiger partial charge in [0.05, 0.1) is 37.1 Å². The lowest BCUT2D eigenvalue weighted by atomic mass is 9.95. The zero-order valence-electron chi connectivity index (χ0n) is 24.4. The van der Waals surface area contributed by atoms with Crippen molar-refractivity contribution in [2.45, 2.75) is 32.7 Å². The number of carbonyl (C=O) groups is 2. The van der Waals surface area contributed by atoms with Gasteiger partial charge in [-0.2, -0.15) is 0 Å². The zero-order chi connectivity index (χ0) is 29.8. The second-order valence-corrected chi connectivity index (χ2v) is 11.2. The van der Waals surface area contributed by atoms with Crippen molar-refractivity contribution in [2.24, 2.45) is 5.92 Å². The molecule has 2 N–H and O–H groups in total. The predicted molar refractivity (Wildman–Crippen MR) is 165 cm³/mol. The number of ether oxygens (including phenoxy) is 3. The van der Waals surface area contributed by atoms with Crippen LogP contribution in [-0.4, -0.2) is 62.3 Å². The highest BCUT2D eigenvalue weighted by Crippen LogP contribution is 2.38. The predicted octanol–water partition coefficient (Wildman–Crippen LogP) is 5.45. The van der Waals surface area contributed by atoms with E-state index in [2.05, 4.69) is 34.4 Å². The van der Waals surface area contributed by atoms with Gasteiger partial charge in [0.2, 0.25) is 0 Å². The Bertz CT molecular complexity index is 1590. The molecule has 0 radical (unpaired) electrons. The number of hydrogen-bond acceptors (Lipinski definition) is 10. The van der Waals surface area contributed by atoms with Gasteiger partial charge in [-0.15, -0.1) is 11.3 Å². The molecular weight excluding hydrogens is 554 g/mol. The lowest BCUT2D eigenvalue weighted by molar-refractivity contribution is 0.0600. The molecule has 1 saturated heterocycles. The number of aryl methyl sites for hydroxylation is 1. The minimum absolute atomic E-state index is 0.0764. The largest absolute Gasteiger partial charge is 0.493 e. The van der Waals surface area contributed by atoms with Gasteiger partial charge in [0.25, 0.3) is 5.91 Å². The monoisotopic (exact) mass is 589 g/mol. The third kappa shape index (κ3) is 5.96. The highest BCUT2D eigenvalue weighted by molar-refractivity contribution is 7.17. The molecule has 0 aliphatic carbocycles. The Labute approximate surface area is 249 Å². The summed E-state index contributed by atoms with van der Waals surface area (Å²) in [5, 5.41) is 6.65. The summed E-state index contributed by atoms with van der Waals surface area (Å²) in [5.41, 5.74) is 5.51. The number of rotatable bonds is 9. The molecule has 220 valence electrons. The molecule has 2 unspecified atom stereocenters. The Kier molecular flexibility index (Phi) is 8.77. The zero-order valence-corrected chi connectivity index (χ0v) is 25.2. The number of amides is 1. The lowest BCUT2D eigenvalue weighted by Gasteiger charge is -2.38. The maximum atomic E-state index is 13.1. The minimum Gasteiger partial charge on any atom is -0.493 e. The quantitative estimate of drug-likeness (QED) is 0.246. The van der Waals surface area contributed by atoms with E-state index >= 15 is 0 Å². The summed E-state index contributed by atoms with van der Waals surface area (Å²) >= 11 is 1.60. The van der Waals surface area contributed by atoms with Crippen LogP contribution in [0.4, 0.5) is 17.3 Å². The first-order chi connectivity index (χ1) is 20.3. The molecule has 1 amide bonds. The number of thiazole rings is 1. The molecule has 2 atom stereocenters. The van der Waals surface area contributed by atoms with Crippen LogP contribution >= 0.6 is 11.3 Å². The fourth-order valence-corrected chi connectivity index (χ4v) is 6.35. The number of esters is 1. The third-order valence-corrected chi connectivity index (χ3v) is 8.30. The Hall–Kier alpha value is -4.38. The van der Waals surface area contributed by atoms with Crippen molar-refractivity contribution in [3.8, 4) is 11.5 Å². The third-order valence-electron chi connectivity index (χ3n) is 7.42. The van der Waals surface area contributed by atoms with Crippen molar-refractivity contribution in [1.29, 1.82) is 0 Å². The second-order valence-electron chi connectivity index (χ2n) is 10.3. The molecule has 0 bridgehead atoms. The van der Waals surface area contributed by atoms with Crippen LogP contribution in [0.15, 0.2) is 48.0 Å². The minimum atomic E-state index is -0.434. The molecule has 5 rings (SSSR count). The van der Waals surface area contributed by atoms with Crippen LogP contribution in [-0.2, 0) is 11.2 Å². The molecular formula is C31H35N5O5S. The van der Waals surface area contributed by atoms with Crippen LogP contribution in [0.1, 0.15) is 46.5 Å². The molecule has 1 fully saturated rings. The number of hydrogen-bond donors (Lipinski definition) is 2. The van der Waals surface area contributed by atoms with Gasteiger partial charge < -0.3 is 29.7 Å². The van der Waals surface area contributed by atoms with Crippen LogP contribution in [0.5, 0.6) is 11.5 Å². The van der Waals surface area contributed by atoms with E-state index in [1.807, 2.05) is 23.7 Å². The molecule has 0 saturated carbocycles. The fourth-order valence-electron chi connectivity index (χ4n) is 5.45. The molecule has 42 heavy (non-hydrogen) atoms. The average Bonchev–Trinajstić information content (AvgIpc) is 3.50. The summed E-state index contributed by atoms with van der Waals surface area (Å²) in [6.45, 7) is 5.76. The summed E-state index contributed by atoms with van der Waals surface area (Å²) < 4.78 is 16.7. The van der Waals surface area contributed by atoms with Crippen molar-refractivity contribution < 1.29 is 23.8 Å². The molecule has 11 heteroatoms. The van der Waals surface area contributed by atoms with Crippen LogP contribution in [0.25, 0.3) is 10.2 Å². The van der Waals surface area contributed by atoms with Gasteiger partial charge >= 0.3 is 5.97 Å². The molecule has 1 aliphatic rings. The fraction of sp³-hybridized carbons (Fsp3) is 0.355. The number of carbonyl (C=O) groups excluding carboxylic acids is 2. The normalized spacial score (nSPS) is 16.6. The number of nitrogens with zero attached hydrogens (tertiary/aromatic N) is 3. The number of methoxy groups -OCH3 is 3. The SMILES string of the molecule is CCc1c(N2CC(C)CC(NC(=O)c3ccc(C(=O)OC)cc3)C2)nc(Nc2ccc(OC)c(OC)c2)c2ncsc12. The van der Waals surface area contributed by atoms with Crippen LogP contribution < -0.4 is 25.0 Å². The number of anilines is 3. The van der Waals surface area contributed by atoms with E-state index in [0.717, 1.165) is 46.7 Å². The first-order valence-corrected chi connectivity index (χ1v) is 14.7. The maximum Gasteiger partial charge on any atom is 0.337 e. The highest BCUT2D eigenvalue weighted by atomic mass is 32.1. The van der Waals surface area contributed by atoms with Gasteiger partial charge in [-0.25, -0.2) is 14.8 Å². The van der Waals surface area contributed by atoms with Crippen LogP contribution in [0.3, 0.4) is 0 Å². The number of piperidine rings is 1. The van der Waals surface area contributed by atoms with E-state index in [9.17, 15) is 9.59 Å². The van der Waals surface area contributed by atoms with Gasteiger partial charge in [0, 0.05) is 42.0 Å². The molecule has 1 aliphatic heterocycles. The van der Waals surface area contributed by atoms with Crippen molar-refractivity contribution in [3.05, 3.63) is 64.7 Å². The molecule has 4 aromatic rings. The average molecular weight is 590 g/mol. The maximum absolute atomic E-state index is 13.1. The molecule has 10 nitrogen and oxygen atoms in total. The summed E-state index contributed by atoms with van der Waals surface area (Å²) in [6, 6.07) is 12.1. The smallest absolute Gasteiger partial charge is 0.337 e. The van der Waals surface area contributed by atoms with Crippen molar-refractivity contribution >= 4 is 50.8 Å². The van der Waals surface area contributed by atoms with E-state index in [1.54, 1.807) is 49.8 Å². The van der Waals surface area contributed by atoms with Crippen molar-refractivity contribution in [2.75, 3.05) is 44.6 Å². The number of fused-ring (bicyclic) bond motifs is 1. The molecule has 3 heterocycles. The number of aromatic nitrogens is 2. The van der Waals surface area contributed by atoms with Gasteiger partial charge in [-0.3, -0.25) is 4.79 Å². The van der Waals surface area contributed by atoms with Gasteiger partial charge in [0.1, 0.15) is 11.3 Å². The summed E-state index contributed by atoms with van der Waals surface area (Å²) in [7, 11) is 4.55. The summed E-state index contributed by atoms with van der Waals surface area (Å²) in [4.78, 5) is 36.9. The van der Waals surface area contributed by atoms with Crippen LogP contribution in [0.2, 0.25) is 0 Å². The number of benzene rings is 2. The van der Waals surface area contributed by atoms with Crippen molar-refractivity contribution in [1.82, 2.24) is 15.3 Å². The Morgan fingerprint density at radius 3 is 2.45 bits per heavy atom. The molecule has 0 spiro atoms. The summed E-state index contributed by atoms with van der Waals surface area (Å²) in [6.07, 6.45) is 1.65. The number of nitrogens with one attached hydrogen (secondary N) is 2. The van der Waals surface area contributed by atoms with E-state index in [-0.39, 0.29) is 11.9 Å². The Morgan fingerprint density at radius 2 is 1.76 bits per heavy atom. The van der Waals surface area contributed by atoms with Gasteiger partial charge in [0.15, 0.2) is 17.3 Å². The number of pyridine rings is 1. The van der Waals surface area contributed by atoms with E-state index in [1.165, 1.54) is 7.11 Å². The van der Waals surface area contributed by atoms with E-state index in [4.69, 9.17) is 19.2 Å². The first-order valence-electron chi connectivity index (χ1n) is 13.8. The first kappa shape index (κ1) is 29.1. The molecule has 2 aromatic carbocycles. The molecule has 2 aromatic heterocycles. The van der Waals surface area contributed by atoms with Crippen molar-refractivity contribution in [3.63, 3.8) is 0 Å². The lowest BCUT2D eigenvalue weighted by Crippen LogP contribution is -2.51. The second kappa shape index (κ2) is 12.6. The van der Waals surface area contributed by atoms with Gasteiger partial charge in [-0.1, -0.05) is 13.8 Å². The Balaban J connectivity index is 1.42. The highest BCUT2D eigenvalue weighted by Gasteiger charge is 2.30. The Morgan fingerprint density at radius 1 is 1.02 bits per heavy atom. The van der Waals surface area contributed by atoms with E-state index in [0.29, 0.717) is 40.9 Å². The van der Waals surface area contributed by atoms with Crippen LogP contribution in [0, 0.1) is 5.92 Å². The van der Waals surface area contributed by atoms with E-state index < -0.39 is 5.97 Å². The standard InChI is InChI=1S/C31H35N5O5S/c1-6-23-27-26(32-17-42-27)28(33-21-11-12-24(39-3)25(14-21)40-4)35-29(23)36-15-18(2)13-22(16-36)34-30(37)19-7-9-20(10-8-19)31(38)41-5/h7-12,14,17-18,22H,6,13,15-16H2,1-5H3,(H,33,35)(H,34,37). The topological polar surface area (TPSA) is 115 Å². The van der Waals surface area contributed by atoms with Gasteiger partial charge in [-0.05, 0) is 55.2 Å².